The van der Waals surface area contributed by atoms with Gasteiger partial charge in [0.2, 0.25) is 0 Å². The van der Waals surface area contributed by atoms with E-state index in [1.54, 1.807) is 0 Å². The number of rotatable bonds is 9. The van der Waals surface area contributed by atoms with Crippen LogP contribution in [0.25, 0.3) is 11.1 Å². The van der Waals surface area contributed by atoms with Crippen LogP contribution in [-0.4, -0.2) is 60.8 Å². The van der Waals surface area contributed by atoms with E-state index in [4.69, 9.17) is 9.84 Å². The van der Waals surface area contributed by atoms with E-state index >= 15 is 0 Å². The number of piperidine rings is 1. The van der Waals surface area contributed by atoms with Crippen LogP contribution in [-0.2, 0) is 9.53 Å². The molecule has 3 aromatic carbocycles. The maximum Gasteiger partial charge on any atom is 0.329 e. The standard InChI is InChI=1S/C29H32N2O4/c1-22-7-13-26(14-8-22)31(20-19-30-17-15-27(16-18-30)35-21-28(32)33)29(34)25-11-9-24(10-12-25)23-5-3-2-4-6-23/h2-14,27H,15-21H2,1H3,(H,32,33). The van der Waals surface area contributed by atoms with Crippen molar-refractivity contribution >= 4 is 17.6 Å². The average Bonchev–Trinajstić information content (AvgIpc) is 2.89. The van der Waals surface area contributed by atoms with E-state index in [1.165, 1.54) is 0 Å². The Morgan fingerprint density at radius 1 is 0.914 bits per heavy atom. The highest BCUT2D eigenvalue weighted by Gasteiger charge is 2.23. The van der Waals surface area contributed by atoms with Crippen LogP contribution in [0.2, 0.25) is 0 Å². The zero-order valence-electron chi connectivity index (χ0n) is 20.1. The molecule has 1 saturated heterocycles. The maximum absolute atomic E-state index is 13.6. The molecule has 0 atom stereocenters. The van der Waals surface area contributed by atoms with Crippen LogP contribution in [0, 0.1) is 6.92 Å². The fraction of sp³-hybridized carbons (Fsp3) is 0.310. The number of aliphatic carboxylic acids is 1. The molecule has 6 nitrogen and oxygen atoms in total. The summed E-state index contributed by atoms with van der Waals surface area (Å²) >= 11 is 0. The largest absolute Gasteiger partial charge is 0.480 e. The first-order valence-corrected chi connectivity index (χ1v) is 12.1. The number of carbonyl (C=O) groups excluding carboxylic acids is 1. The normalized spacial score (nSPS) is 14.5. The minimum Gasteiger partial charge on any atom is -0.480 e. The van der Waals surface area contributed by atoms with Crippen LogP contribution < -0.4 is 4.90 Å². The van der Waals surface area contributed by atoms with E-state index in [0.29, 0.717) is 12.1 Å². The number of hydrogen-bond donors (Lipinski definition) is 1. The molecule has 1 heterocycles. The van der Waals surface area contributed by atoms with E-state index in [2.05, 4.69) is 17.0 Å². The van der Waals surface area contributed by atoms with Crippen LogP contribution in [0.15, 0.2) is 78.9 Å². The quantitative estimate of drug-likeness (QED) is 0.481. The van der Waals surface area contributed by atoms with Gasteiger partial charge < -0.3 is 19.6 Å². The third-order valence-corrected chi connectivity index (χ3v) is 6.45. The Morgan fingerprint density at radius 2 is 1.54 bits per heavy atom. The lowest BCUT2D eigenvalue weighted by Gasteiger charge is -2.33. The molecule has 0 saturated carbocycles. The summed E-state index contributed by atoms with van der Waals surface area (Å²) in [4.78, 5) is 28.5. The van der Waals surface area contributed by atoms with E-state index in [0.717, 1.165) is 54.9 Å². The molecule has 1 fully saturated rings. The number of carbonyl (C=O) groups is 2. The molecule has 0 bridgehead atoms. The molecular formula is C29H32N2O4. The van der Waals surface area contributed by atoms with E-state index < -0.39 is 5.97 Å². The first-order valence-electron chi connectivity index (χ1n) is 12.1. The number of hydrogen-bond acceptors (Lipinski definition) is 4. The molecule has 4 rings (SSSR count). The number of anilines is 1. The fourth-order valence-corrected chi connectivity index (χ4v) is 4.39. The summed E-state index contributed by atoms with van der Waals surface area (Å²) in [6.07, 6.45) is 1.58. The van der Waals surface area contributed by atoms with E-state index in [1.807, 2.05) is 78.6 Å². The van der Waals surface area contributed by atoms with Crippen molar-refractivity contribution in [2.75, 3.05) is 37.7 Å². The summed E-state index contributed by atoms with van der Waals surface area (Å²) in [7, 11) is 0. The van der Waals surface area contributed by atoms with Crippen LogP contribution in [0.4, 0.5) is 5.69 Å². The highest BCUT2D eigenvalue weighted by Crippen LogP contribution is 2.23. The number of carboxylic acid groups (broad SMARTS) is 1. The second kappa shape index (κ2) is 11.8. The van der Waals surface area contributed by atoms with Gasteiger partial charge >= 0.3 is 5.97 Å². The van der Waals surface area contributed by atoms with Crippen molar-refractivity contribution < 1.29 is 19.4 Å². The van der Waals surface area contributed by atoms with Gasteiger partial charge in [-0.2, -0.15) is 0 Å². The van der Waals surface area contributed by atoms with Gasteiger partial charge in [-0.3, -0.25) is 4.79 Å². The lowest BCUT2D eigenvalue weighted by Crippen LogP contribution is -2.43. The average molecular weight is 473 g/mol. The first kappa shape index (κ1) is 24.6. The molecule has 1 aliphatic heterocycles. The molecule has 0 aromatic heterocycles. The van der Waals surface area contributed by atoms with Gasteiger partial charge in [-0.15, -0.1) is 0 Å². The molecule has 35 heavy (non-hydrogen) atoms. The lowest BCUT2D eigenvalue weighted by molar-refractivity contribution is -0.145. The minimum atomic E-state index is -0.934. The third-order valence-electron chi connectivity index (χ3n) is 6.45. The van der Waals surface area contributed by atoms with Crippen molar-refractivity contribution in [1.29, 1.82) is 0 Å². The van der Waals surface area contributed by atoms with Gasteiger partial charge in [0, 0.05) is 37.4 Å². The second-order valence-corrected chi connectivity index (χ2v) is 8.98. The Hall–Kier alpha value is -3.48. The Morgan fingerprint density at radius 3 is 2.17 bits per heavy atom. The highest BCUT2D eigenvalue weighted by atomic mass is 16.5. The number of amides is 1. The number of likely N-dealkylation sites (tertiary alicyclic amines) is 1. The van der Waals surface area contributed by atoms with Crippen LogP contribution in [0.1, 0.15) is 28.8 Å². The van der Waals surface area contributed by atoms with E-state index in [-0.39, 0.29) is 18.6 Å². The summed E-state index contributed by atoms with van der Waals surface area (Å²) in [5.74, 6) is -0.954. The SMILES string of the molecule is Cc1ccc(N(CCN2CCC(OCC(=O)O)CC2)C(=O)c2ccc(-c3ccccc3)cc2)cc1. The summed E-state index contributed by atoms with van der Waals surface area (Å²) in [6.45, 7) is 4.76. The Balaban J connectivity index is 1.43. The van der Waals surface area contributed by atoms with Gasteiger partial charge in [0.15, 0.2) is 0 Å². The van der Waals surface area contributed by atoms with Crippen molar-refractivity contribution in [3.8, 4) is 11.1 Å². The number of benzene rings is 3. The number of carboxylic acids is 1. The first-order chi connectivity index (χ1) is 17.0. The summed E-state index contributed by atoms with van der Waals surface area (Å²) < 4.78 is 5.45. The molecule has 0 unspecified atom stereocenters. The fourth-order valence-electron chi connectivity index (χ4n) is 4.39. The van der Waals surface area contributed by atoms with Crippen molar-refractivity contribution in [3.63, 3.8) is 0 Å². The van der Waals surface area contributed by atoms with Gasteiger partial charge in [-0.05, 0) is 55.2 Å². The molecule has 182 valence electrons. The second-order valence-electron chi connectivity index (χ2n) is 8.98. The molecule has 0 spiro atoms. The Labute approximate surface area is 206 Å². The van der Waals surface area contributed by atoms with Crippen molar-refractivity contribution in [3.05, 3.63) is 90.0 Å². The molecule has 0 aliphatic carbocycles. The van der Waals surface area contributed by atoms with Gasteiger partial charge in [0.1, 0.15) is 6.61 Å². The van der Waals surface area contributed by atoms with Gasteiger partial charge in [-0.25, -0.2) is 4.79 Å². The lowest BCUT2D eigenvalue weighted by atomic mass is 10.0. The van der Waals surface area contributed by atoms with Crippen LogP contribution in [0.3, 0.4) is 0 Å². The molecule has 3 aromatic rings. The van der Waals surface area contributed by atoms with Crippen LogP contribution in [0.5, 0.6) is 0 Å². The number of nitrogens with zero attached hydrogens (tertiary/aromatic N) is 2. The molecule has 1 aliphatic rings. The smallest absolute Gasteiger partial charge is 0.329 e. The van der Waals surface area contributed by atoms with Crippen molar-refractivity contribution in [2.24, 2.45) is 0 Å². The predicted molar refractivity (Wildman–Crippen MR) is 138 cm³/mol. The number of aryl methyl sites for hydroxylation is 1. The van der Waals surface area contributed by atoms with Crippen LogP contribution >= 0.6 is 0 Å². The Kier molecular flexibility index (Phi) is 8.29. The topological polar surface area (TPSA) is 70.1 Å². The molecule has 1 amide bonds. The summed E-state index contributed by atoms with van der Waals surface area (Å²) in [6, 6.07) is 26.0. The zero-order valence-corrected chi connectivity index (χ0v) is 20.1. The monoisotopic (exact) mass is 472 g/mol. The highest BCUT2D eigenvalue weighted by molar-refractivity contribution is 6.06. The number of ether oxygens (including phenoxy) is 1. The van der Waals surface area contributed by atoms with Gasteiger partial charge in [0.25, 0.3) is 5.91 Å². The summed E-state index contributed by atoms with van der Waals surface area (Å²) in [5, 5.41) is 8.81. The minimum absolute atomic E-state index is 0.0136. The zero-order chi connectivity index (χ0) is 24.6. The van der Waals surface area contributed by atoms with Crippen molar-refractivity contribution in [1.82, 2.24) is 4.90 Å². The molecule has 6 heteroatoms. The molecule has 0 radical (unpaired) electrons. The molecular weight excluding hydrogens is 440 g/mol. The van der Waals surface area contributed by atoms with E-state index in [9.17, 15) is 9.59 Å². The van der Waals surface area contributed by atoms with Gasteiger partial charge in [-0.1, -0.05) is 60.2 Å². The third kappa shape index (κ3) is 6.78. The summed E-state index contributed by atoms with van der Waals surface area (Å²) in [5.41, 5.74) is 4.89. The van der Waals surface area contributed by atoms with Gasteiger partial charge in [0.05, 0.1) is 6.10 Å². The molecule has 1 N–H and O–H groups in total. The van der Waals surface area contributed by atoms with Crippen molar-refractivity contribution in [2.45, 2.75) is 25.9 Å². The maximum atomic E-state index is 13.6. The predicted octanol–water partition coefficient (Wildman–Crippen LogP) is 4.87. The Bertz CT molecular complexity index is 1110.